The van der Waals surface area contributed by atoms with Crippen LogP contribution >= 0.6 is 0 Å². The number of benzene rings is 1. The molecule has 0 bridgehead atoms. The van der Waals surface area contributed by atoms with Gasteiger partial charge in [0.15, 0.2) is 11.6 Å². The third-order valence-electron chi connectivity index (χ3n) is 5.10. The topological polar surface area (TPSA) is 53.5 Å². The van der Waals surface area contributed by atoms with Crippen molar-refractivity contribution in [2.45, 2.75) is 84.7 Å². The van der Waals surface area contributed by atoms with E-state index in [2.05, 4.69) is 23.8 Å². The largest absolute Gasteiger partial charge is 0.494 e. The molecule has 1 aromatic carbocycles. The van der Waals surface area contributed by atoms with Gasteiger partial charge in [-0.15, -0.1) is 0 Å². The Hall–Kier alpha value is -2.14. The van der Waals surface area contributed by atoms with Crippen LogP contribution in [0.1, 0.15) is 78.6 Å². The van der Waals surface area contributed by atoms with Crippen molar-refractivity contribution in [1.82, 2.24) is 9.97 Å². The van der Waals surface area contributed by atoms with E-state index in [-0.39, 0.29) is 6.10 Å². The minimum absolute atomic E-state index is 0.0537. The van der Waals surface area contributed by atoms with Crippen LogP contribution < -0.4 is 9.47 Å². The Labute approximate surface area is 188 Å². The molecule has 0 aliphatic rings. The van der Waals surface area contributed by atoms with E-state index < -0.39 is 0 Å². The fourth-order valence-electron chi connectivity index (χ4n) is 3.25. The summed E-state index contributed by atoms with van der Waals surface area (Å²) in [6, 6.07) is 7.97. The summed E-state index contributed by atoms with van der Waals surface area (Å²) in [6.45, 7) is 8.37. The number of aromatic nitrogens is 2. The third-order valence-corrected chi connectivity index (χ3v) is 5.10. The molecule has 31 heavy (non-hydrogen) atoms. The number of nitrogens with zero attached hydrogens (tertiary/aromatic N) is 2. The minimum atomic E-state index is 0.0537. The first-order valence-electron chi connectivity index (χ1n) is 12.0. The van der Waals surface area contributed by atoms with Crippen LogP contribution in [0.2, 0.25) is 0 Å². The number of unbranched alkanes of at least 4 members (excludes halogenated alkanes) is 7. The quantitative estimate of drug-likeness (QED) is 0.258. The first-order chi connectivity index (χ1) is 15.2. The van der Waals surface area contributed by atoms with Gasteiger partial charge in [-0.2, -0.15) is 0 Å². The number of hydrogen-bond acceptors (Lipinski definition) is 5. The van der Waals surface area contributed by atoms with Crippen LogP contribution in [0.4, 0.5) is 0 Å². The van der Waals surface area contributed by atoms with Crippen molar-refractivity contribution in [3.05, 3.63) is 36.7 Å². The first-order valence-corrected chi connectivity index (χ1v) is 12.0. The second kappa shape index (κ2) is 15.6. The van der Waals surface area contributed by atoms with E-state index >= 15 is 0 Å². The molecule has 0 saturated carbocycles. The number of hydrogen-bond donors (Lipinski definition) is 0. The molecule has 0 aliphatic heterocycles. The molecule has 2 rings (SSSR count). The Kier molecular flexibility index (Phi) is 12.7. The van der Waals surface area contributed by atoms with Crippen LogP contribution in [0, 0.1) is 0 Å². The van der Waals surface area contributed by atoms with E-state index in [0.717, 1.165) is 37.4 Å². The van der Waals surface area contributed by atoms with Crippen LogP contribution in [0.25, 0.3) is 11.4 Å². The Balaban J connectivity index is 1.66. The van der Waals surface area contributed by atoms with Crippen molar-refractivity contribution in [1.29, 1.82) is 0 Å². The molecule has 0 saturated heterocycles. The summed E-state index contributed by atoms with van der Waals surface area (Å²) < 4.78 is 17.2. The highest BCUT2D eigenvalue weighted by Crippen LogP contribution is 2.21. The molecule has 0 fully saturated rings. The lowest BCUT2D eigenvalue weighted by molar-refractivity contribution is 0.0325. The van der Waals surface area contributed by atoms with Gasteiger partial charge in [-0.05, 0) is 44.0 Å². The summed E-state index contributed by atoms with van der Waals surface area (Å²) in [5.41, 5.74) is 0.964. The molecule has 1 unspecified atom stereocenters. The average molecular weight is 429 g/mol. The van der Waals surface area contributed by atoms with Crippen LogP contribution in [-0.4, -0.2) is 35.9 Å². The van der Waals surface area contributed by atoms with Crippen molar-refractivity contribution in [3.63, 3.8) is 0 Å². The van der Waals surface area contributed by atoms with E-state index in [4.69, 9.17) is 14.2 Å². The van der Waals surface area contributed by atoms with E-state index in [1.165, 1.54) is 44.9 Å². The van der Waals surface area contributed by atoms with Gasteiger partial charge in [0.2, 0.25) is 0 Å². The standard InChI is InChI=1S/C26H40N2O3/c1-4-6-7-8-9-10-11-12-18-30-24-15-13-23(14-16-24)26-27-19-25(20-28-26)31-21-22(3)29-17-5-2/h13-16,19-20,22H,4-12,17-18,21H2,1-3H3. The van der Waals surface area contributed by atoms with E-state index in [9.17, 15) is 0 Å². The number of ether oxygens (including phenoxy) is 3. The van der Waals surface area contributed by atoms with Gasteiger partial charge in [0.1, 0.15) is 12.4 Å². The van der Waals surface area contributed by atoms with E-state index in [1.807, 2.05) is 31.2 Å². The summed E-state index contributed by atoms with van der Waals surface area (Å²) in [5, 5.41) is 0. The second-order valence-electron chi connectivity index (χ2n) is 8.08. The van der Waals surface area contributed by atoms with Crippen molar-refractivity contribution in [2.24, 2.45) is 0 Å². The summed E-state index contributed by atoms with van der Waals surface area (Å²) in [6.07, 6.45) is 14.9. The minimum Gasteiger partial charge on any atom is -0.494 e. The normalized spacial score (nSPS) is 12.0. The molecule has 0 aliphatic carbocycles. The van der Waals surface area contributed by atoms with Gasteiger partial charge in [0, 0.05) is 12.2 Å². The molecule has 0 amide bonds. The lowest BCUT2D eigenvalue weighted by atomic mass is 10.1. The molecule has 2 aromatic rings. The molecule has 0 radical (unpaired) electrons. The van der Waals surface area contributed by atoms with Gasteiger partial charge in [0.25, 0.3) is 0 Å². The highest BCUT2D eigenvalue weighted by atomic mass is 16.5. The molecule has 5 nitrogen and oxygen atoms in total. The molecule has 0 spiro atoms. The fraction of sp³-hybridized carbons (Fsp3) is 0.615. The lowest BCUT2D eigenvalue weighted by Gasteiger charge is -2.13. The first kappa shape index (κ1) is 25.1. The van der Waals surface area contributed by atoms with Gasteiger partial charge in [-0.1, -0.05) is 58.8 Å². The zero-order valence-electron chi connectivity index (χ0n) is 19.6. The van der Waals surface area contributed by atoms with Crippen molar-refractivity contribution in [3.8, 4) is 22.9 Å². The van der Waals surface area contributed by atoms with Crippen LogP contribution in [-0.2, 0) is 4.74 Å². The van der Waals surface area contributed by atoms with Gasteiger partial charge in [0.05, 0.1) is 25.1 Å². The van der Waals surface area contributed by atoms with Crippen LogP contribution in [0.15, 0.2) is 36.7 Å². The SMILES string of the molecule is CCCCCCCCCCOc1ccc(-c2ncc(OCC(C)OCCC)cn2)cc1. The predicted octanol–water partition coefficient (Wildman–Crippen LogP) is 6.86. The van der Waals surface area contributed by atoms with Crippen molar-refractivity contribution < 1.29 is 14.2 Å². The second-order valence-corrected chi connectivity index (χ2v) is 8.08. The smallest absolute Gasteiger partial charge is 0.159 e. The molecule has 1 atom stereocenters. The molecule has 0 N–H and O–H groups in total. The predicted molar refractivity (Wildman–Crippen MR) is 127 cm³/mol. The molecule has 1 aromatic heterocycles. The van der Waals surface area contributed by atoms with E-state index in [0.29, 0.717) is 18.2 Å². The maximum Gasteiger partial charge on any atom is 0.159 e. The highest BCUT2D eigenvalue weighted by Gasteiger charge is 2.06. The van der Waals surface area contributed by atoms with Crippen molar-refractivity contribution >= 4 is 0 Å². The van der Waals surface area contributed by atoms with Gasteiger partial charge in [-0.3, -0.25) is 0 Å². The fourth-order valence-corrected chi connectivity index (χ4v) is 3.25. The summed E-state index contributed by atoms with van der Waals surface area (Å²) in [7, 11) is 0. The Morgan fingerprint density at radius 3 is 2.00 bits per heavy atom. The van der Waals surface area contributed by atoms with Crippen molar-refractivity contribution in [2.75, 3.05) is 19.8 Å². The van der Waals surface area contributed by atoms with Gasteiger partial charge >= 0.3 is 0 Å². The maximum absolute atomic E-state index is 5.87. The van der Waals surface area contributed by atoms with Crippen LogP contribution in [0.3, 0.4) is 0 Å². The Morgan fingerprint density at radius 2 is 1.35 bits per heavy atom. The molecule has 172 valence electrons. The van der Waals surface area contributed by atoms with Gasteiger partial charge < -0.3 is 14.2 Å². The zero-order valence-corrected chi connectivity index (χ0v) is 19.6. The Morgan fingerprint density at radius 1 is 0.710 bits per heavy atom. The third kappa shape index (κ3) is 10.6. The van der Waals surface area contributed by atoms with E-state index in [1.54, 1.807) is 12.4 Å². The average Bonchev–Trinajstić information content (AvgIpc) is 2.81. The van der Waals surface area contributed by atoms with Gasteiger partial charge in [-0.25, -0.2) is 9.97 Å². The lowest BCUT2D eigenvalue weighted by Crippen LogP contribution is -2.18. The highest BCUT2D eigenvalue weighted by molar-refractivity contribution is 5.56. The molecule has 5 heteroatoms. The summed E-state index contributed by atoms with van der Waals surface area (Å²) in [5.74, 6) is 2.23. The summed E-state index contributed by atoms with van der Waals surface area (Å²) in [4.78, 5) is 8.85. The maximum atomic E-state index is 5.87. The number of rotatable bonds is 17. The summed E-state index contributed by atoms with van der Waals surface area (Å²) >= 11 is 0. The zero-order chi connectivity index (χ0) is 22.2. The monoisotopic (exact) mass is 428 g/mol. The molecular weight excluding hydrogens is 388 g/mol. The molecular formula is C26H40N2O3. The Bertz CT molecular complexity index is 689. The molecule has 1 heterocycles. The van der Waals surface area contributed by atoms with Crippen LogP contribution in [0.5, 0.6) is 11.5 Å².